The van der Waals surface area contributed by atoms with Crippen LogP contribution in [0.5, 0.6) is 0 Å². The van der Waals surface area contributed by atoms with Crippen molar-refractivity contribution in [2.45, 2.75) is 13.8 Å². The number of hydrogen-bond donors (Lipinski definition) is 3. The Morgan fingerprint density at radius 3 is 2.36 bits per heavy atom. The van der Waals surface area contributed by atoms with Gasteiger partial charge in [0.2, 0.25) is 11.9 Å². The number of carbonyl (C=O) groups excluding carboxylic acids is 1. The summed E-state index contributed by atoms with van der Waals surface area (Å²) in [5, 5.41) is 2.79. The number of likely N-dealkylation sites (N-methyl/N-ethyl adjacent to an activating group) is 1. The van der Waals surface area contributed by atoms with Crippen LogP contribution in [-0.2, 0) is 4.79 Å². The van der Waals surface area contributed by atoms with Crippen molar-refractivity contribution in [2.24, 2.45) is 10.8 Å². The molecule has 82 valence electrons. The third kappa shape index (κ3) is 4.08. The summed E-state index contributed by atoms with van der Waals surface area (Å²) in [5.74, 6) is 5.58. The first-order chi connectivity index (χ1) is 6.69. The van der Waals surface area contributed by atoms with Crippen LogP contribution < -0.4 is 16.6 Å². The van der Waals surface area contributed by atoms with Crippen molar-refractivity contribution in [3.63, 3.8) is 0 Å². The monoisotopic (exact) mass is 201 g/mol. The molecule has 0 atom stereocenters. The molecule has 0 heterocycles. The minimum Gasteiger partial charge on any atom is -0.346 e. The molecule has 0 aliphatic heterocycles. The van der Waals surface area contributed by atoms with E-state index in [2.05, 4.69) is 15.7 Å². The molecule has 4 N–H and O–H groups in total. The molecule has 1 amide bonds. The minimum atomic E-state index is 0.0337. The fraction of sp³-hybridized carbons (Fsp3) is 0.750. The molecule has 14 heavy (non-hydrogen) atoms. The first-order valence-electron chi connectivity index (χ1n) is 4.64. The van der Waals surface area contributed by atoms with Crippen LogP contribution in [0.2, 0.25) is 0 Å². The van der Waals surface area contributed by atoms with E-state index in [0.717, 1.165) is 0 Å². The molecule has 6 heteroatoms. The van der Waals surface area contributed by atoms with Gasteiger partial charge in [-0.3, -0.25) is 15.2 Å². The Kier molecular flexibility index (Phi) is 6.47. The van der Waals surface area contributed by atoms with Crippen molar-refractivity contribution < 1.29 is 4.79 Å². The quantitative estimate of drug-likeness (QED) is 0.233. The van der Waals surface area contributed by atoms with Gasteiger partial charge in [-0.2, -0.15) is 0 Å². The number of hydrogen-bond acceptors (Lipinski definition) is 3. The summed E-state index contributed by atoms with van der Waals surface area (Å²) in [5.41, 5.74) is 2.35. The molecule has 0 aliphatic carbocycles. The number of hydrazine groups is 1. The topological polar surface area (TPSA) is 82.8 Å². The summed E-state index contributed by atoms with van der Waals surface area (Å²) < 4.78 is 0. The predicted octanol–water partition coefficient (Wildman–Crippen LogP) is -1.11. The molecular weight excluding hydrogens is 182 g/mol. The molecule has 0 spiro atoms. The fourth-order valence-electron chi connectivity index (χ4n) is 1.04. The largest absolute Gasteiger partial charge is 0.346 e. The van der Waals surface area contributed by atoms with E-state index < -0.39 is 0 Å². The van der Waals surface area contributed by atoms with Crippen LogP contribution in [-0.4, -0.2) is 43.4 Å². The fourth-order valence-corrected chi connectivity index (χ4v) is 1.04. The highest BCUT2D eigenvalue weighted by Crippen LogP contribution is 1.86. The Bertz CT molecular complexity index is 200. The Balaban J connectivity index is 3.94. The van der Waals surface area contributed by atoms with Crippen molar-refractivity contribution in [1.82, 2.24) is 15.6 Å². The zero-order chi connectivity index (χ0) is 11.0. The van der Waals surface area contributed by atoms with E-state index in [1.165, 1.54) is 0 Å². The second kappa shape index (κ2) is 7.14. The SMILES string of the molecule is CCN(CC)C(=O)CNC(=NC)NN. The zero-order valence-corrected chi connectivity index (χ0v) is 9.00. The van der Waals surface area contributed by atoms with Gasteiger partial charge in [0.25, 0.3) is 0 Å². The Labute approximate surface area is 84.5 Å². The maximum absolute atomic E-state index is 11.5. The van der Waals surface area contributed by atoms with E-state index in [1.807, 2.05) is 13.8 Å². The zero-order valence-electron chi connectivity index (χ0n) is 9.00. The summed E-state index contributed by atoms with van der Waals surface area (Å²) in [7, 11) is 1.59. The normalized spacial score (nSPS) is 11.0. The van der Waals surface area contributed by atoms with Gasteiger partial charge in [-0.15, -0.1) is 0 Å². The average Bonchev–Trinajstić information content (AvgIpc) is 2.21. The highest BCUT2D eigenvalue weighted by atomic mass is 16.2. The van der Waals surface area contributed by atoms with Crippen molar-refractivity contribution in [3.05, 3.63) is 0 Å². The third-order valence-corrected chi connectivity index (χ3v) is 1.88. The van der Waals surface area contributed by atoms with Crippen molar-refractivity contribution in [2.75, 3.05) is 26.7 Å². The molecule has 0 radical (unpaired) electrons. The Morgan fingerprint density at radius 2 is 2.00 bits per heavy atom. The standard InChI is InChI=1S/C8H19N5O/c1-4-13(5-2)7(14)6-11-8(10-3)12-9/h4-6,9H2,1-3H3,(H2,10,11,12). The number of rotatable bonds is 4. The van der Waals surface area contributed by atoms with Crippen LogP contribution in [0.15, 0.2) is 4.99 Å². The number of nitrogens with one attached hydrogen (secondary N) is 2. The minimum absolute atomic E-state index is 0.0337. The molecule has 0 bridgehead atoms. The predicted molar refractivity (Wildman–Crippen MR) is 56.6 cm³/mol. The molecule has 6 nitrogen and oxygen atoms in total. The first kappa shape index (κ1) is 12.7. The molecule has 0 aliphatic rings. The molecular formula is C8H19N5O. The second-order valence-electron chi connectivity index (χ2n) is 2.64. The van der Waals surface area contributed by atoms with Crippen molar-refractivity contribution in [1.29, 1.82) is 0 Å². The Hall–Kier alpha value is -1.30. The molecule has 0 unspecified atom stereocenters. The van der Waals surface area contributed by atoms with Crippen molar-refractivity contribution >= 4 is 11.9 Å². The van der Waals surface area contributed by atoms with Gasteiger partial charge in [0.1, 0.15) is 0 Å². The van der Waals surface area contributed by atoms with Gasteiger partial charge in [0, 0.05) is 20.1 Å². The number of aliphatic imine (C=N–C) groups is 1. The van der Waals surface area contributed by atoms with Crippen molar-refractivity contribution in [3.8, 4) is 0 Å². The summed E-state index contributed by atoms with van der Waals surface area (Å²) in [4.78, 5) is 17.0. The number of carbonyl (C=O) groups is 1. The van der Waals surface area contributed by atoms with Gasteiger partial charge in [-0.1, -0.05) is 0 Å². The van der Waals surface area contributed by atoms with Gasteiger partial charge in [0.05, 0.1) is 6.54 Å². The number of guanidine groups is 1. The summed E-state index contributed by atoms with van der Waals surface area (Å²) >= 11 is 0. The van der Waals surface area contributed by atoms with Crippen LogP contribution in [0, 0.1) is 0 Å². The van der Waals surface area contributed by atoms with Gasteiger partial charge >= 0.3 is 0 Å². The smallest absolute Gasteiger partial charge is 0.241 e. The number of amides is 1. The molecule has 0 rings (SSSR count). The summed E-state index contributed by atoms with van der Waals surface area (Å²) in [6.45, 7) is 5.52. The van der Waals surface area contributed by atoms with Crippen LogP contribution in [0.4, 0.5) is 0 Å². The van der Waals surface area contributed by atoms with Crippen LogP contribution in [0.25, 0.3) is 0 Å². The van der Waals surface area contributed by atoms with E-state index in [-0.39, 0.29) is 12.5 Å². The van der Waals surface area contributed by atoms with Crippen LogP contribution >= 0.6 is 0 Å². The average molecular weight is 201 g/mol. The number of nitrogens with zero attached hydrogens (tertiary/aromatic N) is 2. The van der Waals surface area contributed by atoms with Crippen LogP contribution in [0.3, 0.4) is 0 Å². The highest BCUT2D eigenvalue weighted by molar-refractivity contribution is 5.86. The lowest BCUT2D eigenvalue weighted by Gasteiger charge is -2.19. The summed E-state index contributed by atoms with van der Waals surface area (Å²) in [6.07, 6.45) is 0. The van der Waals surface area contributed by atoms with E-state index in [1.54, 1.807) is 11.9 Å². The van der Waals surface area contributed by atoms with E-state index in [0.29, 0.717) is 19.0 Å². The van der Waals surface area contributed by atoms with E-state index >= 15 is 0 Å². The molecule has 0 saturated heterocycles. The molecule has 0 aromatic heterocycles. The maximum atomic E-state index is 11.5. The molecule has 0 saturated carbocycles. The lowest BCUT2D eigenvalue weighted by molar-refractivity contribution is -0.129. The first-order valence-corrected chi connectivity index (χ1v) is 4.64. The molecule has 0 aromatic rings. The molecule has 0 fully saturated rings. The lowest BCUT2D eigenvalue weighted by atomic mass is 10.4. The highest BCUT2D eigenvalue weighted by Gasteiger charge is 2.08. The van der Waals surface area contributed by atoms with Gasteiger partial charge in [0.15, 0.2) is 0 Å². The number of nitrogens with two attached hydrogens (primary N) is 1. The summed E-state index contributed by atoms with van der Waals surface area (Å²) in [6, 6.07) is 0. The van der Waals surface area contributed by atoms with E-state index in [4.69, 9.17) is 5.84 Å². The molecule has 0 aromatic carbocycles. The van der Waals surface area contributed by atoms with Gasteiger partial charge in [-0.25, -0.2) is 5.84 Å². The lowest BCUT2D eigenvalue weighted by Crippen LogP contribution is -2.46. The van der Waals surface area contributed by atoms with Gasteiger partial charge < -0.3 is 10.2 Å². The maximum Gasteiger partial charge on any atom is 0.241 e. The van der Waals surface area contributed by atoms with Crippen LogP contribution in [0.1, 0.15) is 13.8 Å². The Morgan fingerprint density at radius 1 is 1.43 bits per heavy atom. The third-order valence-electron chi connectivity index (χ3n) is 1.88. The van der Waals surface area contributed by atoms with E-state index in [9.17, 15) is 4.79 Å². The van der Waals surface area contributed by atoms with Gasteiger partial charge in [-0.05, 0) is 13.8 Å². The second-order valence-corrected chi connectivity index (χ2v) is 2.64.